The van der Waals surface area contributed by atoms with Crippen molar-refractivity contribution in [3.05, 3.63) is 35.4 Å². The van der Waals surface area contributed by atoms with Crippen LogP contribution < -0.4 is 5.32 Å². The van der Waals surface area contributed by atoms with E-state index < -0.39 is 0 Å². The molecule has 1 amide bonds. The third-order valence-corrected chi connectivity index (χ3v) is 4.50. The molecular weight excluding hydrogens is 236 g/mol. The van der Waals surface area contributed by atoms with Crippen LogP contribution in [0, 0.1) is 0 Å². The quantitative estimate of drug-likeness (QED) is 0.882. The second-order valence-corrected chi connectivity index (χ2v) is 5.64. The molecule has 1 N–H and O–H groups in total. The van der Waals surface area contributed by atoms with Crippen LogP contribution in [0.25, 0.3) is 0 Å². The molecule has 0 spiro atoms. The van der Waals surface area contributed by atoms with Crippen molar-refractivity contribution in [2.45, 2.75) is 44.7 Å². The second-order valence-electron chi connectivity index (χ2n) is 5.64. The van der Waals surface area contributed by atoms with E-state index in [1.807, 2.05) is 12.1 Å². The molecule has 2 bridgehead atoms. The average Bonchev–Trinajstić information content (AvgIpc) is 2.71. The summed E-state index contributed by atoms with van der Waals surface area (Å²) in [7, 11) is 0. The van der Waals surface area contributed by atoms with Gasteiger partial charge in [-0.2, -0.15) is 0 Å². The zero-order chi connectivity index (χ0) is 13.2. The van der Waals surface area contributed by atoms with E-state index in [4.69, 9.17) is 0 Å². The number of rotatable bonds is 2. The van der Waals surface area contributed by atoms with Crippen LogP contribution in [0.1, 0.15) is 42.1 Å². The number of carbonyl (C=O) groups excluding carboxylic acids is 1. The van der Waals surface area contributed by atoms with Gasteiger partial charge >= 0.3 is 0 Å². The van der Waals surface area contributed by atoms with Crippen LogP contribution in [0.4, 0.5) is 0 Å². The standard InChI is InChI=1S/C16H22N2O/c1-2-12-3-5-13(6-4-12)16(19)18-14-7-8-15(18)11-17-10-9-14/h3-6,14-15,17H,2,7-11H2,1H3. The smallest absolute Gasteiger partial charge is 0.254 e. The minimum Gasteiger partial charge on any atom is -0.331 e. The molecular formula is C16H22N2O. The summed E-state index contributed by atoms with van der Waals surface area (Å²) in [6.07, 6.45) is 4.43. The average molecular weight is 258 g/mol. The molecule has 3 rings (SSSR count). The molecule has 19 heavy (non-hydrogen) atoms. The number of carbonyl (C=O) groups is 1. The first-order valence-corrected chi connectivity index (χ1v) is 7.42. The third kappa shape index (κ3) is 2.39. The Morgan fingerprint density at radius 2 is 1.95 bits per heavy atom. The lowest BCUT2D eigenvalue weighted by atomic mass is 10.1. The minimum absolute atomic E-state index is 0.221. The number of hydrogen-bond acceptors (Lipinski definition) is 2. The van der Waals surface area contributed by atoms with E-state index in [-0.39, 0.29) is 5.91 Å². The predicted octanol–water partition coefficient (Wildman–Crippen LogP) is 2.22. The monoisotopic (exact) mass is 258 g/mol. The number of aryl methyl sites for hydroxylation is 1. The lowest BCUT2D eigenvalue weighted by Gasteiger charge is -2.28. The summed E-state index contributed by atoms with van der Waals surface area (Å²) < 4.78 is 0. The summed E-state index contributed by atoms with van der Waals surface area (Å²) in [6.45, 7) is 4.13. The largest absolute Gasteiger partial charge is 0.331 e. The minimum atomic E-state index is 0.221. The van der Waals surface area contributed by atoms with Crippen molar-refractivity contribution >= 4 is 5.91 Å². The molecule has 2 aliphatic heterocycles. The van der Waals surface area contributed by atoms with Gasteiger partial charge in [0.05, 0.1) is 0 Å². The van der Waals surface area contributed by atoms with Crippen molar-refractivity contribution in [2.75, 3.05) is 13.1 Å². The highest BCUT2D eigenvalue weighted by molar-refractivity contribution is 5.95. The van der Waals surface area contributed by atoms with E-state index in [0.717, 1.165) is 37.9 Å². The van der Waals surface area contributed by atoms with Gasteiger partial charge in [-0.05, 0) is 49.9 Å². The van der Waals surface area contributed by atoms with Gasteiger partial charge in [-0.25, -0.2) is 0 Å². The Balaban J connectivity index is 1.82. The molecule has 1 aromatic carbocycles. The summed E-state index contributed by atoms with van der Waals surface area (Å²) in [4.78, 5) is 14.9. The number of nitrogens with zero attached hydrogens (tertiary/aromatic N) is 1. The van der Waals surface area contributed by atoms with Gasteiger partial charge in [0, 0.05) is 24.2 Å². The Bertz CT molecular complexity index is 440. The molecule has 2 heterocycles. The maximum Gasteiger partial charge on any atom is 0.254 e. The van der Waals surface area contributed by atoms with Gasteiger partial charge in [0.2, 0.25) is 0 Å². The third-order valence-electron chi connectivity index (χ3n) is 4.50. The van der Waals surface area contributed by atoms with Gasteiger partial charge in [0.15, 0.2) is 0 Å². The summed E-state index contributed by atoms with van der Waals surface area (Å²) in [5.41, 5.74) is 2.13. The van der Waals surface area contributed by atoms with E-state index in [9.17, 15) is 4.79 Å². The molecule has 1 aromatic rings. The Kier molecular flexibility index (Phi) is 3.56. The van der Waals surface area contributed by atoms with Gasteiger partial charge in [-0.3, -0.25) is 4.79 Å². The number of nitrogens with one attached hydrogen (secondary N) is 1. The van der Waals surface area contributed by atoms with Gasteiger partial charge < -0.3 is 10.2 Å². The number of amides is 1. The molecule has 0 aromatic heterocycles. The van der Waals surface area contributed by atoms with E-state index >= 15 is 0 Å². The zero-order valence-corrected chi connectivity index (χ0v) is 11.6. The van der Waals surface area contributed by atoms with E-state index in [1.54, 1.807) is 0 Å². The topological polar surface area (TPSA) is 32.3 Å². The Morgan fingerprint density at radius 1 is 1.21 bits per heavy atom. The Morgan fingerprint density at radius 3 is 2.68 bits per heavy atom. The van der Waals surface area contributed by atoms with Crippen LogP contribution in [-0.2, 0) is 6.42 Å². The number of fused-ring (bicyclic) bond motifs is 2. The highest BCUT2D eigenvalue weighted by Gasteiger charge is 2.38. The predicted molar refractivity (Wildman–Crippen MR) is 76.3 cm³/mol. The van der Waals surface area contributed by atoms with E-state index in [2.05, 4.69) is 29.3 Å². The summed E-state index contributed by atoms with van der Waals surface area (Å²) in [5.74, 6) is 0.221. The van der Waals surface area contributed by atoms with Crippen LogP contribution in [0.15, 0.2) is 24.3 Å². The highest BCUT2D eigenvalue weighted by atomic mass is 16.2. The Hall–Kier alpha value is -1.35. The van der Waals surface area contributed by atoms with Crippen molar-refractivity contribution < 1.29 is 4.79 Å². The molecule has 2 aliphatic rings. The van der Waals surface area contributed by atoms with Crippen molar-refractivity contribution in [3.63, 3.8) is 0 Å². The molecule has 2 saturated heterocycles. The fourth-order valence-corrected chi connectivity index (χ4v) is 3.35. The molecule has 102 valence electrons. The van der Waals surface area contributed by atoms with Crippen molar-refractivity contribution in [2.24, 2.45) is 0 Å². The summed E-state index contributed by atoms with van der Waals surface area (Å²) in [5, 5.41) is 3.44. The van der Waals surface area contributed by atoms with Gasteiger partial charge in [0.1, 0.15) is 0 Å². The fourth-order valence-electron chi connectivity index (χ4n) is 3.35. The zero-order valence-electron chi connectivity index (χ0n) is 11.6. The van der Waals surface area contributed by atoms with E-state index in [0.29, 0.717) is 12.1 Å². The molecule has 2 fully saturated rings. The molecule has 3 nitrogen and oxygen atoms in total. The lowest BCUT2D eigenvalue weighted by Crippen LogP contribution is -2.42. The van der Waals surface area contributed by atoms with Crippen LogP contribution in [-0.4, -0.2) is 36.0 Å². The fraction of sp³-hybridized carbons (Fsp3) is 0.562. The molecule has 2 atom stereocenters. The maximum absolute atomic E-state index is 12.7. The van der Waals surface area contributed by atoms with Crippen LogP contribution in [0.5, 0.6) is 0 Å². The van der Waals surface area contributed by atoms with E-state index in [1.165, 1.54) is 12.0 Å². The molecule has 2 unspecified atom stereocenters. The first kappa shape index (κ1) is 12.7. The molecule has 0 radical (unpaired) electrons. The van der Waals surface area contributed by atoms with Crippen LogP contribution >= 0.6 is 0 Å². The van der Waals surface area contributed by atoms with Gasteiger partial charge in [0.25, 0.3) is 5.91 Å². The van der Waals surface area contributed by atoms with Crippen LogP contribution in [0.2, 0.25) is 0 Å². The second kappa shape index (κ2) is 5.33. The summed E-state index contributed by atoms with van der Waals surface area (Å²) >= 11 is 0. The first-order valence-electron chi connectivity index (χ1n) is 7.42. The number of benzene rings is 1. The number of hydrogen-bond donors (Lipinski definition) is 1. The highest BCUT2D eigenvalue weighted by Crippen LogP contribution is 2.29. The van der Waals surface area contributed by atoms with Crippen LogP contribution in [0.3, 0.4) is 0 Å². The normalized spacial score (nSPS) is 26.3. The lowest BCUT2D eigenvalue weighted by molar-refractivity contribution is 0.0680. The van der Waals surface area contributed by atoms with Gasteiger partial charge in [-0.15, -0.1) is 0 Å². The molecule has 0 saturated carbocycles. The SMILES string of the molecule is CCc1ccc(C(=O)N2C3CCNCC2CC3)cc1. The maximum atomic E-state index is 12.7. The van der Waals surface area contributed by atoms with Crippen molar-refractivity contribution in [3.8, 4) is 0 Å². The van der Waals surface area contributed by atoms with Crippen molar-refractivity contribution in [1.29, 1.82) is 0 Å². The van der Waals surface area contributed by atoms with Crippen molar-refractivity contribution in [1.82, 2.24) is 10.2 Å². The molecule has 3 heteroatoms. The molecule has 0 aliphatic carbocycles. The Labute approximate surface area is 115 Å². The summed E-state index contributed by atoms with van der Waals surface area (Å²) in [6, 6.07) is 8.96. The van der Waals surface area contributed by atoms with Gasteiger partial charge in [-0.1, -0.05) is 19.1 Å². The first-order chi connectivity index (χ1) is 9.29.